The number of rotatable bonds is 6. The second-order valence-corrected chi connectivity index (χ2v) is 6.83. The molecule has 0 aliphatic carbocycles. The fourth-order valence-electron chi connectivity index (χ4n) is 1.79. The van der Waals surface area contributed by atoms with Gasteiger partial charge in [0.2, 0.25) is 0 Å². The van der Waals surface area contributed by atoms with Crippen LogP contribution in [-0.2, 0) is 9.53 Å². The van der Waals surface area contributed by atoms with Crippen molar-refractivity contribution in [2.75, 3.05) is 6.61 Å². The molecule has 0 aliphatic heterocycles. The first-order chi connectivity index (χ1) is 11.1. The molecule has 0 aromatic heterocycles. The molecule has 0 heterocycles. The van der Waals surface area contributed by atoms with Crippen molar-refractivity contribution >= 4 is 37.2 Å². The van der Waals surface area contributed by atoms with E-state index in [1.807, 2.05) is 30.3 Å². The Kier molecular flexibility index (Phi) is 6.09. The minimum atomic E-state index is -0.451. The number of nitro groups is 1. The predicted octanol–water partition coefficient (Wildman–Crippen LogP) is 2.53. The van der Waals surface area contributed by atoms with Gasteiger partial charge in [0.05, 0.1) is 0 Å². The summed E-state index contributed by atoms with van der Waals surface area (Å²) < 4.78 is 6.74. The van der Waals surface area contributed by atoms with Crippen molar-refractivity contribution in [2.45, 2.75) is 6.92 Å². The number of benzene rings is 2. The summed E-state index contributed by atoms with van der Waals surface area (Å²) in [6.45, 7) is 2.07. The molecule has 118 valence electrons. The second-order valence-electron chi connectivity index (χ2n) is 4.49. The molecule has 23 heavy (non-hydrogen) atoms. The number of hydrogen-bond acceptors (Lipinski definition) is 4. The number of nitro benzene ring substituents is 1. The molecule has 5 nitrogen and oxygen atoms in total. The number of nitrogens with zero attached hydrogens (tertiary/aromatic N) is 1. The van der Waals surface area contributed by atoms with E-state index in [9.17, 15) is 14.9 Å². The van der Waals surface area contributed by atoms with E-state index in [0.29, 0.717) is 11.1 Å². The van der Waals surface area contributed by atoms with E-state index in [1.54, 1.807) is 25.1 Å². The summed E-state index contributed by atoms with van der Waals surface area (Å²) in [6, 6.07) is 15.8. The van der Waals surface area contributed by atoms with Crippen LogP contribution < -0.4 is 4.46 Å². The van der Waals surface area contributed by atoms with Crippen molar-refractivity contribution in [3.05, 3.63) is 74.7 Å². The number of hydrogen-bond donors (Lipinski definition) is 0. The van der Waals surface area contributed by atoms with E-state index in [-0.39, 0.29) is 26.6 Å². The van der Waals surface area contributed by atoms with Gasteiger partial charge in [0.15, 0.2) is 0 Å². The van der Waals surface area contributed by atoms with Gasteiger partial charge in [-0.05, 0) is 0 Å². The SMILES string of the molecule is CCOC(=O)/C(=C\c1ccc([N+](=O)[O-])cc1)[Se]c1ccccc1. The number of non-ortho nitro benzene ring substituents is 1. The summed E-state index contributed by atoms with van der Waals surface area (Å²) >= 11 is -0.199. The van der Waals surface area contributed by atoms with Gasteiger partial charge >= 0.3 is 140 Å². The summed E-state index contributed by atoms with van der Waals surface area (Å²) in [4.78, 5) is 22.4. The Morgan fingerprint density at radius 1 is 1.17 bits per heavy atom. The molecular weight excluding hydrogens is 361 g/mol. The second kappa shape index (κ2) is 8.27. The van der Waals surface area contributed by atoms with Crippen molar-refractivity contribution in [2.24, 2.45) is 0 Å². The Labute approximate surface area is 140 Å². The van der Waals surface area contributed by atoms with Crippen LogP contribution in [0.25, 0.3) is 6.08 Å². The Hall–Kier alpha value is -2.43. The summed E-state index contributed by atoms with van der Waals surface area (Å²) in [6.07, 6.45) is 1.73. The van der Waals surface area contributed by atoms with Crippen molar-refractivity contribution in [1.82, 2.24) is 0 Å². The molecule has 0 radical (unpaired) electrons. The summed E-state index contributed by atoms with van der Waals surface area (Å²) in [5.41, 5.74) is 0.755. The summed E-state index contributed by atoms with van der Waals surface area (Å²) in [7, 11) is 0. The first-order valence-electron chi connectivity index (χ1n) is 6.96. The quantitative estimate of drug-likeness (QED) is 0.255. The third-order valence-electron chi connectivity index (χ3n) is 2.85. The standard InChI is InChI=1S/C17H15NO4Se/c1-2-22-17(19)16(23-15-6-4-3-5-7-15)12-13-8-10-14(11-9-13)18(20)21/h3-12H,2H2,1H3/b16-12+. The maximum atomic E-state index is 12.1. The fraction of sp³-hybridized carbons (Fsp3) is 0.118. The van der Waals surface area contributed by atoms with Gasteiger partial charge in [0, 0.05) is 0 Å². The normalized spacial score (nSPS) is 11.1. The van der Waals surface area contributed by atoms with Gasteiger partial charge in [0.25, 0.3) is 0 Å². The molecule has 0 unspecified atom stereocenters. The molecule has 0 spiro atoms. The van der Waals surface area contributed by atoms with E-state index in [0.717, 1.165) is 10.0 Å². The summed E-state index contributed by atoms with van der Waals surface area (Å²) in [5, 5.41) is 10.7. The van der Waals surface area contributed by atoms with Crippen LogP contribution in [0, 0.1) is 10.1 Å². The van der Waals surface area contributed by atoms with Crippen molar-refractivity contribution in [3.8, 4) is 0 Å². The first kappa shape index (κ1) is 16.9. The zero-order valence-corrected chi connectivity index (χ0v) is 14.2. The molecule has 2 rings (SSSR count). The first-order valence-corrected chi connectivity index (χ1v) is 8.67. The van der Waals surface area contributed by atoms with Gasteiger partial charge in [0.1, 0.15) is 0 Å². The van der Waals surface area contributed by atoms with Gasteiger partial charge in [-0.25, -0.2) is 0 Å². The molecule has 0 amide bonds. The van der Waals surface area contributed by atoms with Gasteiger partial charge in [-0.2, -0.15) is 0 Å². The van der Waals surface area contributed by atoms with Crippen LogP contribution in [0.1, 0.15) is 12.5 Å². The molecule has 2 aromatic rings. The Balaban J connectivity index is 2.28. The Bertz CT molecular complexity index is 711. The molecule has 0 bridgehead atoms. The van der Waals surface area contributed by atoms with Crippen LogP contribution in [0.3, 0.4) is 0 Å². The average molecular weight is 376 g/mol. The molecule has 0 aliphatic rings. The van der Waals surface area contributed by atoms with Crippen LogP contribution >= 0.6 is 0 Å². The van der Waals surface area contributed by atoms with Crippen LogP contribution in [0.5, 0.6) is 0 Å². The molecule has 0 saturated heterocycles. The molecule has 2 aromatic carbocycles. The number of carbonyl (C=O) groups excluding carboxylic acids is 1. The Morgan fingerprint density at radius 2 is 1.83 bits per heavy atom. The van der Waals surface area contributed by atoms with Gasteiger partial charge < -0.3 is 0 Å². The maximum absolute atomic E-state index is 12.1. The molecule has 0 saturated carbocycles. The Morgan fingerprint density at radius 3 is 2.39 bits per heavy atom. The molecule has 0 fully saturated rings. The number of carbonyl (C=O) groups is 1. The number of ether oxygens (including phenoxy) is 1. The van der Waals surface area contributed by atoms with Crippen molar-refractivity contribution in [1.29, 1.82) is 0 Å². The van der Waals surface area contributed by atoms with Gasteiger partial charge in [-0.15, -0.1) is 0 Å². The van der Waals surface area contributed by atoms with Crippen LogP contribution in [0.4, 0.5) is 5.69 Å². The number of esters is 1. The molecule has 6 heteroatoms. The monoisotopic (exact) mass is 377 g/mol. The fourth-order valence-corrected chi connectivity index (χ4v) is 3.65. The molecule has 0 N–H and O–H groups in total. The molecular formula is C17H15NO4Se. The van der Waals surface area contributed by atoms with E-state index in [4.69, 9.17) is 4.74 Å². The van der Waals surface area contributed by atoms with E-state index in [2.05, 4.69) is 0 Å². The zero-order valence-electron chi connectivity index (χ0n) is 12.5. The van der Waals surface area contributed by atoms with Crippen LogP contribution in [0.2, 0.25) is 0 Å². The van der Waals surface area contributed by atoms with Gasteiger partial charge in [-0.1, -0.05) is 0 Å². The summed E-state index contributed by atoms with van der Waals surface area (Å²) in [5.74, 6) is -0.352. The van der Waals surface area contributed by atoms with Gasteiger partial charge in [-0.3, -0.25) is 0 Å². The third-order valence-corrected chi connectivity index (χ3v) is 4.97. The minimum absolute atomic E-state index is 0.0217. The molecule has 0 atom stereocenters. The van der Waals surface area contributed by atoms with Crippen LogP contribution in [-0.4, -0.2) is 32.5 Å². The van der Waals surface area contributed by atoms with E-state index in [1.165, 1.54) is 12.1 Å². The van der Waals surface area contributed by atoms with E-state index >= 15 is 0 Å². The van der Waals surface area contributed by atoms with Crippen molar-refractivity contribution < 1.29 is 14.5 Å². The zero-order chi connectivity index (χ0) is 16.7. The topological polar surface area (TPSA) is 69.4 Å². The van der Waals surface area contributed by atoms with E-state index < -0.39 is 4.92 Å². The third kappa shape index (κ3) is 5.05. The predicted molar refractivity (Wildman–Crippen MR) is 89.5 cm³/mol. The van der Waals surface area contributed by atoms with Crippen molar-refractivity contribution in [3.63, 3.8) is 0 Å². The average Bonchev–Trinajstić information content (AvgIpc) is 2.56. The van der Waals surface area contributed by atoms with Crippen LogP contribution in [0.15, 0.2) is 59.1 Å².